The summed E-state index contributed by atoms with van der Waals surface area (Å²) in [5.74, 6) is -0.348. The first-order valence-electron chi connectivity index (χ1n) is 5.90. The maximum atomic E-state index is 13.0. The van der Waals surface area contributed by atoms with E-state index < -0.39 is 0 Å². The molecule has 0 aliphatic rings. The summed E-state index contributed by atoms with van der Waals surface area (Å²) in [5.41, 5.74) is 8.52. The number of anilines is 3. The molecule has 0 fully saturated rings. The summed E-state index contributed by atoms with van der Waals surface area (Å²) < 4.78 is 13.0. The van der Waals surface area contributed by atoms with E-state index in [0.29, 0.717) is 11.4 Å². The van der Waals surface area contributed by atoms with E-state index in [1.54, 1.807) is 12.3 Å². The van der Waals surface area contributed by atoms with Crippen molar-refractivity contribution in [2.45, 2.75) is 0 Å². The van der Waals surface area contributed by atoms with Crippen LogP contribution in [0, 0.1) is 5.82 Å². The molecule has 0 aliphatic heterocycles. The van der Waals surface area contributed by atoms with Crippen molar-refractivity contribution in [3.63, 3.8) is 0 Å². The first kappa shape index (κ1) is 11.5. The fourth-order valence-electron chi connectivity index (χ4n) is 2.00. The lowest BCUT2D eigenvalue weighted by molar-refractivity contribution is 0.628. The van der Waals surface area contributed by atoms with Crippen molar-refractivity contribution in [2.24, 2.45) is 0 Å². The van der Waals surface area contributed by atoms with Crippen LogP contribution in [0.1, 0.15) is 0 Å². The third kappa shape index (κ3) is 2.20. The lowest BCUT2D eigenvalue weighted by Crippen LogP contribution is -1.98. The number of halogens is 1. The van der Waals surface area contributed by atoms with Gasteiger partial charge in [-0.1, -0.05) is 18.2 Å². The molecule has 1 heterocycles. The quantitative estimate of drug-likeness (QED) is 0.685. The summed E-state index contributed by atoms with van der Waals surface area (Å²) in [7, 11) is 0. The molecule has 4 heteroatoms. The van der Waals surface area contributed by atoms with Crippen molar-refractivity contribution < 1.29 is 4.39 Å². The summed E-state index contributed by atoms with van der Waals surface area (Å²) in [6, 6.07) is 14.0. The minimum atomic E-state index is -0.348. The van der Waals surface area contributed by atoms with Crippen LogP contribution in [-0.4, -0.2) is 4.98 Å². The van der Waals surface area contributed by atoms with E-state index in [1.165, 1.54) is 12.1 Å². The molecular weight excluding hydrogens is 241 g/mol. The van der Waals surface area contributed by atoms with Crippen LogP contribution in [0.25, 0.3) is 10.9 Å². The smallest absolute Gasteiger partial charge is 0.125 e. The molecule has 0 atom stereocenters. The summed E-state index contributed by atoms with van der Waals surface area (Å²) in [4.78, 5) is 4.35. The molecule has 0 unspecified atom stereocenters. The van der Waals surface area contributed by atoms with Gasteiger partial charge in [0.05, 0.1) is 22.6 Å². The summed E-state index contributed by atoms with van der Waals surface area (Å²) in [6.45, 7) is 0. The van der Waals surface area contributed by atoms with Crippen LogP contribution in [0.2, 0.25) is 0 Å². The van der Waals surface area contributed by atoms with Gasteiger partial charge in [0.2, 0.25) is 0 Å². The van der Waals surface area contributed by atoms with Crippen LogP contribution in [0.3, 0.4) is 0 Å². The first-order valence-corrected chi connectivity index (χ1v) is 5.90. The number of para-hydroxylation sites is 1. The molecule has 0 radical (unpaired) electrons. The highest BCUT2D eigenvalue weighted by atomic mass is 19.1. The third-order valence-corrected chi connectivity index (χ3v) is 2.92. The Morgan fingerprint density at radius 3 is 2.68 bits per heavy atom. The second kappa shape index (κ2) is 4.57. The molecular formula is C15H12FN3. The average Bonchev–Trinajstić information content (AvgIpc) is 2.42. The van der Waals surface area contributed by atoms with Crippen LogP contribution in [0.15, 0.2) is 54.7 Å². The number of fused-ring (bicyclic) bond motifs is 1. The average molecular weight is 253 g/mol. The van der Waals surface area contributed by atoms with Gasteiger partial charge in [-0.25, -0.2) is 4.39 Å². The number of nitrogen functional groups attached to an aromatic ring is 1. The summed E-state index contributed by atoms with van der Waals surface area (Å²) >= 11 is 0. The van der Waals surface area contributed by atoms with Crippen molar-refractivity contribution in [2.75, 3.05) is 11.1 Å². The molecule has 19 heavy (non-hydrogen) atoms. The summed E-state index contributed by atoms with van der Waals surface area (Å²) in [5, 5.41) is 4.22. The molecule has 3 N–H and O–H groups in total. The van der Waals surface area contributed by atoms with E-state index in [9.17, 15) is 4.39 Å². The van der Waals surface area contributed by atoms with Gasteiger partial charge < -0.3 is 11.1 Å². The van der Waals surface area contributed by atoms with E-state index in [0.717, 1.165) is 16.6 Å². The number of benzene rings is 2. The zero-order valence-electron chi connectivity index (χ0n) is 10.1. The Bertz CT molecular complexity index is 735. The van der Waals surface area contributed by atoms with Gasteiger partial charge in [-0.15, -0.1) is 0 Å². The van der Waals surface area contributed by atoms with Crippen molar-refractivity contribution in [1.29, 1.82) is 0 Å². The minimum absolute atomic E-state index is 0.348. The normalized spacial score (nSPS) is 10.6. The number of nitrogens with one attached hydrogen (secondary N) is 1. The van der Waals surface area contributed by atoms with Gasteiger partial charge in [-0.2, -0.15) is 0 Å². The van der Waals surface area contributed by atoms with E-state index in [1.807, 2.05) is 30.3 Å². The Morgan fingerprint density at radius 1 is 1.00 bits per heavy atom. The second-order valence-corrected chi connectivity index (χ2v) is 4.24. The van der Waals surface area contributed by atoms with E-state index >= 15 is 0 Å². The number of pyridine rings is 1. The van der Waals surface area contributed by atoms with Crippen LogP contribution in [0.4, 0.5) is 21.5 Å². The van der Waals surface area contributed by atoms with Gasteiger partial charge in [-0.3, -0.25) is 4.98 Å². The van der Waals surface area contributed by atoms with Crippen LogP contribution >= 0.6 is 0 Å². The Hall–Kier alpha value is -2.62. The number of hydrogen-bond donors (Lipinski definition) is 2. The van der Waals surface area contributed by atoms with E-state index in [4.69, 9.17) is 5.73 Å². The van der Waals surface area contributed by atoms with Gasteiger partial charge in [0.25, 0.3) is 0 Å². The van der Waals surface area contributed by atoms with Gasteiger partial charge in [-0.05, 0) is 30.3 Å². The predicted molar refractivity (Wildman–Crippen MR) is 75.8 cm³/mol. The maximum Gasteiger partial charge on any atom is 0.125 e. The molecule has 0 saturated heterocycles. The van der Waals surface area contributed by atoms with Gasteiger partial charge in [0.15, 0.2) is 0 Å². The van der Waals surface area contributed by atoms with Crippen LogP contribution in [0.5, 0.6) is 0 Å². The first-order chi connectivity index (χ1) is 9.24. The van der Waals surface area contributed by atoms with Crippen LogP contribution in [-0.2, 0) is 0 Å². The Morgan fingerprint density at radius 2 is 1.84 bits per heavy atom. The highest BCUT2D eigenvalue weighted by Crippen LogP contribution is 2.27. The SMILES string of the molecule is Nc1cc(F)ccc1Nc1cccc2cccnc12. The minimum Gasteiger partial charge on any atom is -0.397 e. The molecule has 0 aliphatic carbocycles. The molecule has 2 aromatic carbocycles. The molecule has 94 valence electrons. The topological polar surface area (TPSA) is 50.9 Å². The van der Waals surface area contributed by atoms with Crippen molar-refractivity contribution in [3.05, 3.63) is 60.5 Å². The molecule has 1 aromatic heterocycles. The van der Waals surface area contributed by atoms with Crippen LogP contribution < -0.4 is 11.1 Å². The zero-order chi connectivity index (χ0) is 13.2. The number of hydrogen-bond acceptors (Lipinski definition) is 3. The fourth-order valence-corrected chi connectivity index (χ4v) is 2.00. The number of nitrogens with zero attached hydrogens (tertiary/aromatic N) is 1. The molecule has 3 rings (SSSR count). The monoisotopic (exact) mass is 253 g/mol. The van der Waals surface area contributed by atoms with Crippen molar-refractivity contribution >= 4 is 28.0 Å². The lowest BCUT2D eigenvalue weighted by atomic mass is 10.2. The highest BCUT2D eigenvalue weighted by Gasteiger charge is 2.05. The summed E-state index contributed by atoms with van der Waals surface area (Å²) in [6.07, 6.45) is 1.74. The number of nitrogens with two attached hydrogens (primary N) is 1. The zero-order valence-corrected chi connectivity index (χ0v) is 10.1. The van der Waals surface area contributed by atoms with Gasteiger partial charge in [0, 0.05) is 11.6 Å². The van der Waals surface area contributed by atoms with E-state index in [2.05, 4.69) is 10.3 Å². The molecule has 0 bridgehead atoms. The maximum absolute atomic E-state index is 13.0. The lowest BCUT2D eigenvalue weighted by Gasteiger charge is -2.11. The molecule has 3 nitrogen and oxygen atoms in total. The highest BCUT2D eigenvalue weighted by molar-refractivity contribution is 5.93. The predicted octanol–water partition coefficient (Wildman–Crippen LogP) is 3.70. The fraction of sp³-hybridized carbons (Fsp3) is 0. The Balaban J connectivity index is 2.06. The number of aromatic nitrogens is 1. The largest absolute Gasteiger partial charge is 0.397 e. The third-order valence-electron chi connectivity index (χ3n) is 2.92. The molecule has 0 spiro atoms. The van der Waals surface area contributed by atoms with E-state index in [-0.39, 0.29) is 5.82 Å². The van der Waals surface area contributed by atoms with Gasteiger partial charge in [0.1, 0.15) is 5.82 Å². The second-order valence-electron chi connectivity index (χ2n) is 4.24. The number of rotatable bonds is 2. The van der Waals surface area contributed by atoms with Gasteiger partial charge >= 0.3 is 0 Å². The molecule has 0 amide bonds. The standard InChI is InChI=1S/C15H12FN3/c16-11-6-7-13(12(17)9-11)19-14-5-1-3-10-4-2-8-18-15(10)14/h1-9,19H,17H2. The van der Waals surface area contributed by atoms with Crippen molar-refractivity contribution in [3.8, 4) is 0 Å². The van der Waals surface area contributed by atoms with Crippen molar-refractivity contribution in [1.82, 2.24) is 4.98 Å². The Kier molecular flexibility index (Phi) is 2.76. The Labute approximate surface area is 109 Å². The molecule has 3 aromatic rings. The molecule has 0 saturated carbocycles.